The lowest BCUT2D eigenvalue weighted by molar-refractivity contribution is -0.165. The molecule has 40 heavy (non-hydrogen) atoms. The van der Waals surface area contributed by atoms with Crippen molar-refractivity contribution in [2.45, 2.75) is 110 Å². The highest BCUT2D eigenvalue weighted by molar-refractivity contribution is 7.87. The van der Waals surface area contributed by atoms with Crippen LogP contribution in [0.1, 0.15) is 105 Å². The molecule has 0 aromatic heterocycles. The summed E-state index contributed by atoms with van der Waals surface area (Å²) in [6.07, 6.45) is 8.62. The molecule has 6 N–H and O–H groups in total. The van der Waals surface area contributed by atoms with E-state index in [1.165, 1.54) is 0 Å². The number of carboxylic acid groups (broad SMARTS) is 2. The number of aliphatic hydroxyl groups excluding tert-OH is 3. The fraction of sp³-hybridized carbons (Fsp3) is 0.929. The van der Waals surface area contributed by atoms with Gasteiger partial charge in [0.25, 0.3) is 10.1 Å². The molecule has 0 amide bonds. The predicted molar refractivity (Wildman–Crippen MR) is 156 cm³/mol. The molecule has 0 aromatic rings. The first-order chi connectivity index (χ1) is 18.9. The summed E-state index contributed by atoms with van der Waals surface area (Å²) < 4.78 is 34.3. The Hall–Kier alpha value is -1.31. The van der Waals surface area contributed by atoms with Crippen molar-refractivity contribution < 1.29 is 48.1 Å². The van der Waals surface area contributed by atoms with Crippen LogP contribution in [0.2, 0.25) is 0 Å². The average molecular weight is 600 g/mol. The van der Waals surface area contributed by atoms with Crippen molar-refractivity contribution in [1.82, 2.24) is 4.90 Å². The molecule has 12 heteroatoms. The first-order valence-electron chi connectivity index (χ1n) is 14.9. The van der Waals surface area contributed by atoms with Gasteiger partial charge < -0.3 is 25.5 Å². The topological polar surface area (TPSA) is 193 Å². The smallest absolute Gasteiger partial charge is 0.325 e. The number of hydrogen-bond donors (Lipinski definition) is 6. The summed E-state index contributed by atoms with van der Waals surface area (Å²) in [5.41, 5.74) is -2.07. The molecule has 0 saturated carbocycles. The summed E-state index contributed by atoms with van der Waals surface area (Å²) in [7, 11) is -5.13. The van der Waals surface area contributed by atoms with Gasteiger partial charge in [0.2, 0.25) is 0 Å². The van der Waals surface area contributed by atoms with E-state index < -0.39 is 44.6 Å². The standard InChI is InChI=1S/C22H42O7S.C6H15NO3/c1-5-9-11-13-15-17(7-3)22(21(25)26,19(20(23)24)30(27,28)29)18(8-4)16-14-12-10-6-2;8-4-1-7(2-5-9)3-6-10/h17-19H,5-16H2,1-4H3,(H,23,24)(H,25,26)(H,27,28,29);8-10H,1-6H2. The molecule has 0 radical (unpaired) electrons. The molecule has 3 unspecified atom stereocenters. The Kier molecular flexibility index (Phi) is 23.8. The van der Waals surface area contributed by atoms with E-state index in [0.717, 1.165) is 38.5 Å². The van der Waals surface area contributed by atoms with Gasteiger partial charge in [-0.2, -0.15) is 8.42 Å². The Morgan fingerprint density at radius 3 is 1.30 bits per heavy atom. The third-order valence-electron chi connectivity index (χ3n) is 7.72. The predicted octanol–water partition coefficient (Wildman–Crippen LogP) is 3.66. The van der Waals surface area contributed by atoms with Crippen LogP contribution in [0.3, 0.4) is 0 Å². The Morgan fingerprint density at radius 2 is 1.07 bits per heavy atom. The van der Waals surface area contributed by atoms with E-state index in [9.17, 15) is 32.8 Å². The highest BCUT2D eigenvalue weighted by atomic mass is 32.2. The van der Waals surface area contributed by atoms with Crippen LogP contribution < -0.4 is 0 Å². The first-order valence-corrected chi connectivity index (χ1v) is 16.4. The number of nitrogens with zero attached hydrogens (tertiary/aromatic N) is 1. The second-order valence-corrected chi connectivity index (χ2v) is 11.9. The van der Waals surface area contributed by atoms with Gasteiger partial charge >= 0.3 is 11.9 Å². The number of rotatable bonds is 24. The van der Waals surface area contributed by atoms with Gasteiger partial charge in [0.1, 0.15) is 5.41 Å². The molecule has 3 atom stereocenters. The van der Waals surface area contributed by atoms with Gasteiger partial charge in [-0.05, 0) is 24.7 Å². The van der Waals surface area contributed by atoms with Gasteiger partial charge in [-0.3, -0.25) is 19.0 Å². The van der Waals surface area contributed by atoms with Gasteiger partial charge in [0, 0.05) is 19.6 Å². The highest BCUT2D eigenvalue weighted by Gasteiger charge is 2.62. The van der Waals surface area contributed by atoms with Crippen LogP contribution in [0.15, 0.2) is 0 Å². The fourth-order valence-corrected chi connectivity index (χ4v) is 6.99. The van der Waals surface area contributed by atoms with Gasteiger partial charge in [-0.1, -0.05) is 91.9 Å². The van der Waals surface area contributed by atoms with Crippen molar-refractivity contribution in [2.75, 3.05) is 39.5 Å². The molecule has 0 bridgehead atoms. The van der Waals surface area contributed by atoms with Crippen molar-refractivity contribution >= 4 is 22.1 Å². The van der Waals surface area contributed by atoms with E-state index in [1.54, 1.807) is 18.7 Å². The van der Waals surface area contributed by atoms with Crippen LogP contribution in [0.5, 0.6) is 0 Å². The quantitative estimate of drug-likeness (QED) is 0.0700. The van der Waals surface area contributed by atoms with E-state index >= 15 is 0 Å². The van der Waals surface area contributed by atoms with Crippen LogP contribution in [-0.2, 0) is 19.7 Å². The van der Waals surface area contributed by atoms with E-state index in [4.69, 9.17) is 15.3 Å². The van der Waals surface area contributed by atoms with Crippen molar-refractivity contribution in [2.24, 2.45) is 17.3 Å². The van der Waals surface area contributed by atoms with E-state index in [0.29, 0.717) is 58.2 Å². The number of hydrogen-bond acceptors (Lipinski definition) is 8. The summed E-state index contributed by atoms with van der Waals surface area (Å²) >= 11 is 0. The maximum Gasteiger partial charge on any atom is 0.325 e. The summed E-state index contributed by atoms with van der Waals surface area (Å²) in [5, 5.41) is 43.3. The minimum atomic E-state index is -5.13. The van der Waals surface area contributed by atoms with Crippen LogP contribution in [0.4, 0.5) is 0 Å². The van der Waals surface area contributed by atoms with Gasteiger partial charge in [-0.25, -0.2) is 0 Å². The zero-order chi connectivity index (χ0) is 31.2. The van der Waals surface area contributed by atoms with Gasteiger partial charge in [0.05, 0.1) is 19.8 Å². The van der Waals surface area contributed by atoms with Crippen LogP contribution in [-0.4, -0.2) is 100 Å². The summed E-state index contributed by atoms with van der Waals surface area (Å²) in [4.78, 5) is 26.6. The Balaban J connectivity index is 0. The normalized spacial score (nSPS) is 15.5. The Morgan fingerprint density at radius 1 is 0.700 bits per heavy atom. The highest BCUT2D eigenvalue weighted by Crippen LogP contribution is 2.50. The monoisotopic (exact) mass is 599 g/mol. The minimum Gasteiger partial charge on any atom is -0.481 e. The molecule has 0 heterocycles. The summed E-state index contributed by atoms with van der Waals surface area (Å²) in [6, 6.07) is 0. The maximum atomic E-state index is 12.8. The molecular formula is C28H57NO10S. The van der Waals surface area contributed by atoms with Crippen LogP contribution in [0.25, 0.3) is 0 Å². The molecule has 0 aromatic carbocycles. The number of unbranched alkanes of at least 4 members (excludes halogenated alkanes) is 6. The van der Waals surface area contributed by atoms with Crippen LogP contribution >= 0.6 is 0 Å². The molecule has 0 aliphatic rings. The van der Waals surface area contributed by atoms with Crippen molar-refractivity contribution in [3.05, 3.63) is 0 Å². The molecule has 0 fully saturated rings. The van der Waals surface area contributed by atoms with Crippen molar-refractivity contribution in [3.63, 3.8) is 0 Å². The molecule has 0 rings (SSSR count). The molecule has 0 aliphatic heterocycles. The van der Waals surface area contributed by atoms with E-state index in [1.807, 2.05) is 0 Å². The molecule has 11 nitrogen and oxygen atoms in total. The Bertz CT molecular complexity index is 728. The maximum absolute atomic E-state index is 12.8. The molecule has 0 spiro atoms. The SMILES string of the molecule is CCCCCCC(CC)C(C(=O)O)(C(CC)CCCCCC)C(C(=O)O)S(=O)(=O)O.OCCN(CCO)CCO. The number of aliphatic hydroxyl groups is 3. The lowest BCUT2D eigenvalue weighted by Crippen LogP contribution is -2.59. The van der Waals surface area contributed by atoms with Crippen LogP contribution in [0, 0.1) is 17.3 Å². The second kappa shape index (κ2) is 23.3. The molecule has 0 aliphatic carbocycles. The van der Waals surface area contributed by atoms with Gasteiger partial charge in [-0.15, -0.1) is 0 Å². The van der Waals surface area contributed by atoms with E-state index in [2.05, 4.69) is 13.8 Å². The molecular weight excluding hydrogens is 542 g/mol. The zero-order valence-electron chi connectivity index (χ0n) is 25.1. The number of carboxylic acids is 2. The fourth-order valence-electron chi connectivity index (χ4n) is 5.76. The average Bonchev–Trinajstić information content (AvgIpc) is 2.87. The van der Waals surface area contributed by atoms with Crippen molar-refractivity contribution in [1.29, 1.82) is 0 Å². The number of carbonyl (C=O) groups is 2. The molecule has 0 saturated heterocycles. The largest absolute Gasteiger partial charge is 0.481 e. The molecule has 240 valence electrons. The second-order valence-electron chi connectivity index (χ2n) is 10.4. The minimum absolute atomic E-state index is 0.0694. The Labute approximate surface area is 241 Å². The first kappa shape index (κ1) is 40.8. The lowest BCUT2D eigenvalue weighted by Gasteiger charge is -2.45. The lowest BCUT2D eigenvalue weighted by atomic mass is 9.59. The third kappa shape index (κ3) is 14.0. The summed E-state index contributed by atoms with van der Waals surface area (Å²) in [5.74, 6) is -4.55. The number of aliphatic carboxylic acids is 2. The van der Waals surface area contributed by atoms with Gasteiger partial charge in [0.15, 0.2) is 5.25 Å². The van der Waals surface area contributed by atoms with Crippen molar-refractivity contribution in [3.8, 4) is 0 Å². The third-order valence-corrected chi connectivity index (χ3v) is 8.91. The summed E-state index contributed by atoms with van der Waals surface area (Å²) in [6.45, 7) is 9.41. The zero-order valence-corrected chi connectivity index (χ0v) is 25.9. The van der Waals surface area contributed by atoms with E-state index in [-0.39, 0.29) is 19.8 Å².